The highest BCUT2D eigenvalue weighted by molar-refractivity contribution is 7.13. The molecule has 0 aliphatic carbocycles. The minimum absolute atomic E-state index is 0.108. The van der Waals surface area contributed by atoms with Crippen molar-refractivity contribution in [1.82, 2.24) is 9.97 Å². The van der Waals surface area contributed by atoms with Crippen molar-refractivity contribution in [2.24, 2.45) is 0 Å². The second kappa shape index (κ2) is 9.07. The normalized spacial score (nSPS) is 12.8. The number of aryl methyl sites for hydroxylation is 2. The number of pyridine rings is 1. The summed E-state index contributed by atoms with van der Waals surface area (Å²) in [5.74, 6) is 0.0164. The molecule has 1 aliphatic rings. The number of ether oxygens (including phenoxy) is 1. The Balaban J connectivity index is 1.41. The van der Waals surface area contributed by atoms with Gasteiger partial charge in [-0.3, -0.25) is 19.5 Å². The van der Waals surface area contributed by atoms with Gasteiger partial charge in [0.05, 0.1) is 17.1 Å². The zero-order valence-corrected chi connectivity index (χ0v) is 19.6. The number of hydrogen-bond donors (Lipinski definition) is 1. The molecule has 0 saturated carbocycles. The molecule has 34 heavy (non-hydrogen) atoms. The number of nitrogens with zero attached hydrogens (tertiary/aromatic N) is 3. The molecule has 7 nitrogen and oxygen atoms in total. The lowest BCUT2D eigenvalue weighted by atomic mass is 10.1. The third kappa shape index (κ3) is 4.40. The van der Waals surface area contributed by atoms with Gasteiger partial charge in [-0.25, -0.2) is 4.98 Å². The summed E-state index contributed by atoms with van der Waals surface area (Å²) in [4.78, 5) is 36.1. The summed E-state index contributed by atoms with van der Waals surface area (Å²) in [6, 6.07) is 17.1. The number of fused-ring (bicyclic) bond motifs is 1. The van der Waals surface area contributed by atoms with Crippen molar-refractivity contribution in [2.45, 2.75) is 13.8 Å². The summed E-state index contributed by atoms with van der Waals surface area (Å²) in [5, 5.41) is 5.69. The Morgan fingerprint density at radius 2 is 2.00 bits per heavy atom. The van der Waals surface area contributed by atoms with Crippen molar-refractivity contribution in [1.29, 1.82) is 0 Å². The number of benzene rings is 2. The average Bonchev–Trinajstić information content (AvgIpc) is 3.34. The Bertz CT molecular complexity index is 1380. The van der Waals surface area contributed by atoms with Crippen LogP contribution in [-0.4, -0.2) is 34.9 Å². The molecule has 8 heteroatoms. The number of carbonyl (C=O) groups is 2. The number of anilines is 2. The molecule has 0 radical (unpaired) electrons. The van der Waals surface area contributed by atoms with E-state index in [2.05, 4.69) is 10.3 Å². The van der Waals surface area contributed by atoms with Crippen LogP contribution < -0.4 is 15.0 Å². The van der Waals surface area contributed by atoms with Gasteiger partial charge in [-0.15, -0.1) is 11.3 Å². The summed E-state index contributed by atoms with van der Waals surface area (Å²) in [6.45, 7) is 3.69. The molecule has 0 fully saturated rings. The van der Waals surface area contributed by atoms with E-state index in [0.29, 0.717) is 11.4 Å². The Kier molecular flexibility index (Phi) is 5.81. The van der Waals surface area contributed by atoms with Crippen molar-refractivity contribution >= 4 is 34.5 Å². The highest BCUT2D eigenvalue weighted by Crippen LogP contribution is 2.37. The maximum Gasteiger partial charge on any atom is 0.265 e. The fourth-order valence-electron chi connectivity index (χ4n) is 3.75. The van der Waals surface area contributed by atoms with E-state index in [-0.39, 0.29) is 25.0 Å². The van der Waals surface area contributed by atoms with Gasteiger partial charge in [-0.2, -0.15) is 0 Å². The predicted molar refractivity (Wildman–Crippen MR) is 133 cm³/mol. The van der Waals surface area contributed by atoms with Crippen LogP contribution in [0.25, 0.3) is 22.0 Å². The van der Waals surface area contributed by atoms with E-state index in [1.807, 2.05) is 73.8 Å². The quantitative estimate of drug-likeness (QED) is 0.451. The van der Waals surface area contributed by atoms with Gasteiger partial charge in [-0.1, -0.05) is 18.2 Å². The van der Waals surface area contributed by atoms with E-state index < -0.39 is 0 Å². The predicted octanol–water partition coefficient (Wildman–Crippen LogP) is 4.85. The Labute approximate surface area is 201 Å². The van der Waals surface area contributed by atoms with Gasteiger partial charge in [0.25, 0.3) is 5.91 Å². The SMILES string of the molecule is Cc1ccc(C)c(NC(=O)CN2C(=O)COc3ccc(-c4csc(-c5ccccn5)n4)cc32)c1. The topological polar surface area (TPSA) is 84.4 Å². The molecular weight excluding hydrogens is 448 g/mol. The largest absolute Gasteiger partial charge is 0.482 e. The standard InChI is InChI=1S/C26H22N4O3S/c1-16-6-7-17(2)20(11-16)28-24(31)13-30-22-12-18(8-9-23(22)33-14-25(30)32)21-15-34-26(29-21)19-5-3-4-10-27-19/h3-12,15H,13-14H2,1-2H3,(H,28,31). The summed E-state index contributed by atoms with van der Waals surface area (Å²) >= 11 is 1.50. The van der Waals surface area contributed by atoms with Gasteiger partial charge in [-0.05, 0) is 61.4 Å². The van der Waals surface area contributed by atoms with Crippen LogP contribution in [0.15, 0.2) is 66.2 Å². The lowest BCUT2D eigenvalue weighted by Gasteiger charge is -2.29. The van der Waals surface area contributed by atoms with Crippen molar-refractivity contribution in [2.75, 3.05) is 23.4 Å². The molecule has 2 aromatic heterocycles. The van der Waals surface area contributed by atoms with Gasteiger partial charge < -0.3 is 10.1 Å². The smallest absolute Gasteiger partial charge is 0.265 e. The first-order chi connectivity index (χ1) is 16.5. The lowest BCUT2D eigenvalue weighted by Crippen LogP contribution is -2.43. The maximum absolute atomic E-state index is 12.9. The number of thiazole rings is 1. The van der Waals surface area contributed by atoms with Crippen LogP contribution in [0.5, 0.6) is 5.75 Å². The van der Waals surface area contributed by atoms with Crippen molar-refractivity contribution in [3.63, 3.8) is 0 Å². The minimum atomic E-state index is -0.272. The zero-order chi connectivity index (χ0) is 23.7. The van der Waals surface area contributed by atoms with Crippen molar-refractivity contribution in [3.05, 3.63) is 77.3 Å². The number of amides is 2. The van der Waals surface area contributed by atoms with Crippen LogP contribution in [-0.2, 0) is 9.59 Å². The summed E-state index contributed by atoms with van der Waals surface area (Å²) in [5.41, 5.74) is 5.71. The second-order valence-electron chi connectivity index (χ2n) is 8.07. The number of rotatable bonds is 5. The van der Waals surface area contributed by atoms with Gasteiger partial charge in [0.2, 0.25) is 5.91 Å². The summed E-state index contributed by atoms with van der Waals surface area (Å²) in [6.07, 6.45) is 1.74. The zero-order valence-electron chi connectivity index (χ0n) is 18.7. The molecule has 5 rings (SSSR count). The van der Waals surface area contributed by atoms with Crippen molar-refractivity contribution < 1.29 is 14.3 Å². The Hall–Kier alpha value is -4.04. The fourth-order valence-corrected chi connectivity index (χ4v) is 4.56. The lowest BCUT2D eigenvalue weighted by molar-refractivity contribution is -0.123. The third-order valence-corrected chi connectivity index (χ3v) is 6.42. The number of aromatic nitrogens is 2. The van der Waals surface area contributed by atoms with E-state index >= 15 is 0 Å². The van der Waals surface area contributed by atoms with Crippen LogP contribution in [0, 0.1) is 13.8 Å². The van der Waals surface area contributed by atoms with Crippen molar-refractivity contribution in [3.8, 4) is 27.7 Å². The number of nitrogens with one attached hydrogen (secondary N) is 1. The van der Waals surface area contributed by atoms with E-state index in [9.17, 15) is 9.59 Å². The van der Waals surface area contributed by atoms with Gasteiger partial charge in [0.1, 0.15) is 17.3 Å². The molecule has 2 aromatic carbocycles. The summed E-state index contributed by atoms with van der Waals surface area (Å²) < 4.78 is 5.62. The molecule has 0 bridgehead atoms. The molecule has 1 aliphatic heterocycles. The molecule has 170 valence electrons. The first-order valence-corrected chi connectivity index (χ1v) is 11.7. The highest BCUT2D eigenvalue weighted by Gasteiger charge is 2.28. The molecule has 4 aromatic rings. The third-order valence-electron chi connectivity index (χ3n) is 5.55. The van der Waals surface area contributed by atoms with Gasteiger partial charge >= 0.3 is 0 Å². The Morgan fingerprint density at radius 3 is 2.82 bits per heavy atom. The molecule has 0 atom stereocenters. The van der Waals surface area contributed by atoms with Crippen LogP contribution >= 0.6 is 11.3 Å². The number of hydrogen-bond acceptors (Lipinski definition) is 6. The Morgan fingerprint density at radius 1 is 1.12 bits per heavy atom. The van der Waals surface area contributed by atoms with Gasteiger partial charge in [0, 0.05) is 22.8 Å². The fraction of sp³-hybridized carbons (Fsp3) is 0.154. The molecule has 2 amide bonds. The first-order valence-electron chi connectivity index (χ1n) is 10.8. The second-order valence-corrected chi connectivity index (χ2v) is 8.93. The molecule has 0 saturated heterocycles. The molecule has 3 heterocycles. The average molecular weight is 471 g/mol. The van der Waals surface area contributed by atoms with Crippen LogP contribution in [0.4, 0.5) is 11.4 Å². The molecule has 0 unspecified atom stereocenters. The van der Waals surface area contributed by atoms with E-state index in [1.54, 1.807) is 6.20 Å². The monoisotopic (exact) mass is 470 g/mol. The van der Waals surface area contributed by atoms with E-state index in [1.165, 1.54) is 16.2 Å². The molecule has 0 spiro atoms. The molecule has 1 N–H and O–H groups in total. The van der Waals surface area contributed by atoms with E-state index in [4.69, 9.17) is 9.72 Å². The first kappa shape index (κ1) is 21.8. The van der Waals surface area contributed by atoms with Crippen LogP contribution in [0.3, 0.4) is 0 Å². The summed E-state index contributed by atoms with van der Waals surface area (Å²) in [7, 11) is 0. The molecular formula is C26H22N4O3S. The minimum Gasteiger partial charge on any atom is -0.482 e. The maximum atomic E-state index is 12.9. The number of carbonyl (C=O) groups excluding carboxylic acids is 2. The highest BCUT2D eigenvalue weighted by atomic mass is 32.1. The van der Waals surface area contributed by atoms with Gasteiger partial charge in [0.15, 0.2) is 6.61 Å². The van der Waals surface area contributed by atoms with E-state index in [0.717, 1.165) is 38.8 Å². The van der Waals surface area contributed by atoms with Crippen LogP contribution in [0.2, 0.25) is 0 Å². The van der Waals surface area contributed by atoms with Crippen LogP contribution in [0.1, 0.15) is 11.1 Å².